The van der Waals surface area contributed by atoms with Gasteiger partial charge in [0.1, 0.15) is 5.56 Å². The maximum Gasteiger partial charge on any atom is 0.261 e. The Balaban J connectivity index is 3.01. The molecular weight excluding hydrogens is 220 g/mol. The van der Waals surface area contributed by atoms with Crippen LogP contribution in [0.15, 0.2) is 17.1 Å². The number of likely N-dealkylation sites (N-methyl/N-ethyl adjacent to an activating group) is 1. The number of aromatic nitrogens is 1. The molecular formula is C12H18N2O3. The van der Waals surface area contributed by atoms with Crippen LogP contribution in [0.3, 0.4) is 0 Å². The van der Waals surface area contributed by atoms with Crippen LogP contribution in [0.4, 0.5) is 0 Å². The zero-order chi connectivity index (χ0) is 13.2. The fourth-order valence-corrected chi connectivity index (χ4v) is 1.69. The molecule has 1 aromatic heterocycles. The predicted molar refractivity (Wildman–Crippen MR) is 65.1 cm³/mol. The number of H-pyrrole nitrogens is 1. The number of aliphatic hydroxyl groups is 1. The number of hydrogen-bond donors (Lipinski definition) is 2. The van der Waals surface area contributed by atoms with Crippen LogP contribution in [0.1, 0.15) is 29.8 Å². The number of amides is 1. The quantitative estimate of drug-likeness (QED) is 0.806. The monoisotopic (exact) mass is 238 g/mol. The number of carbonyl (C=O) groups excluding carboxylic acids is 1. The van der Waals surface area contributed by atoms with Crippen molar-refractivity contribution in [2.75, 3.05) is 13.6 Å². The third-order valence-corrected chi connectivity index (χ3v) is 2.35. The lowest BCUT2D eigenvalue weighted by atomic mass is 10.1. The summed E-state index contributed by atoms with van der Waals surface area (Å²) in [6.07, 6.45) is 1.50. The third-order valence-electron chi connectivity index (χ3n) is 2.35. The zero-order valence-corrected chi connectivity index (χ0v) is 10.6. The summed E-state index contributed by atoms with van der Waals surface area (Å²) in [5.41, 5.74) is -0.641. The maximum absolute atomic E-state index is 12.1. The minimum Gasteiger partial charge on any atom is -0.389 e. The third kappa shape index (κ3) is 3.42. The SMILES string of the molecule is Cc1cc[nH]c(=O)c1C(=O)N(C)CC(C)(C)O. The fourth-order valence-electron chi connectivity index (χ4n) is 1.69. The largest absolute Gasteiger partial charge is 0.389 e. The van der Waals surface area contributed by atoms with E-state index in [1.54, 1.807) is 33.9 Å². The van der Waals surface area contributed by atoms with Crippen molar-refractivity contribution in [1.82, 2.24) is 9.88 Å². The van der Waals surface area contributed by atoms with E-state index in [-0.39, 0.29) is 18.0 Å². The van der Waals surface area contributed by atoms with Gasteiger partial charge in [-0.25, -0.2) is 0 Å². The van der Waals surface area contributed by atoms with Crippen molar-refractivity contribution in [3.63, 3.8) is 0 Å². The Labute approximate surface area is 100 Å². The van der Waals surface area contributed by atoms with E-state index in [4.69, 9.17) is 0 Å². The Morgan fingerprint density at radius 3 is 2.59 bits per heavy atom. The molecule has 0 aromatic carbocycles. The highest BCUT2D eigenvalue weighted by molar-refractivity contribution is 5.95. The second kappa shape index (κ2) is 4.71. The average Bonchev–Trinajstić information content (AvgIpc) is 2.14. The number of carbonyl (C=O) groups is 1. The molecule has 2 N–H and O–H groups in total. The van der Waals surface area contributed by atoms with E-state index in [9.17, 15) is 14.7 Å². The van der Waals surface area contributed by atoms with E-state index < -0.39 is 11.2 Å². The van der Waals surface area contributed by atoms with E-state index >= 15 is 0 Å². The summed E-state index contributed by atoms with van der Waals surface area (Å²) in [4.78, 5) is 27.5. The molecule has 1 rings (SSSR count). The van der Waals surface area contributed by atoms with Crippen LogP contribution >= 0.6 is 0 Å². The van der Waals surface area contributed by atoms with Crippen LogP contribution in [0.25, 0.3) is 0 Å². The van der Waals surface area contributed by atoms with Crippen molar-refractivity contribution >= 4 is 5.91 Å². The average molecular weight is 238 g/mol. The molecule has 1 heterocycles. The molecule has 5 heteroatoms. The molecule has 1 amide bonds. The first-order valence-corrected chi connectivity index (χ1v) is 5.38. The Bertz CT molecular complexity index is 471. The first-order valence-electron chi connectivity index (χ1n) is 5.38. The number of nitrogens with one attached hydrogen (secondary N) is 1. The molecule has 94 valence electrons. The molecule has 5 nitrogen and oxygen atoms in total. The Morgan fingerprint density at radius 2 is 2.12 bits per heavy atom. The van der Waals surface area contributed by atoms with Crippen molar-refractivity contribution in [3.05, 3.63) is 33.7 Å². The number of aromatic amines is 1. The van der Waals surface area contributed by atoms with E-state index in [2.05, 4.69) is 4.98 Å². The van der Waals surface area contributed by atoms with Crippen molar-refractivity contribution in [2.24, 2.45) is 0 Å². The van der Waals surface area contributed by atoms with Crippen molar-refractivity contribution in [2.45, 2.75) is 26.4 Å². The van der Waals surface area contributed by atoms with E-state index in [0.717, 1.165) is 0 Å². The molecule has 0 saturated carbocycles. The standard InChI is InChI=1S/C12H18N2O3/c1-8-5-6-13-10(15)9(8)11(16)14(4)7-12(2,3)17/h5-6,17H,7H2,1-4H3,(H,13,15). The topological polar surface area (TPSA) is 73.4 Å². The molecule has 0 spiro atoms. The normalized spacial score (nSPS) is 11.4. The summed E-state index contributed by atoms with van der Waals surface area (Å²) in [6, 6.07) is 1.67. The van der Waals surface area contributed by atoms with Crippen molar-refractivity contribution in [3.8, 4) is 0 Å². The molecule has 17 heavy (non-hydrogen) atoms. The first-order chi connectivity index (χ1) is 7.72. The Morgan fingerprint density at radius 1 is 1.53 bits per heavy atom. The lowest BCUT2D eigenvalue weighted by Crippen LogP contribution is -2.41. The zero-order valence-electron chi connectivity index (χ0n) is 10.6. The van der Waals surface area contributed by atoms with Gasteiger partial charge in [0.25, 0.3) is 11.5 Å². The second-order valence-corrected chi connectivity index (χ2v) is 4.84. The van der Waals surface area contributed by atoms with Gasteiger partial charge in [-0.15, -0.1) is 0 Å². The maximum atomic E-state index is 12.1. The number of nitrogens with zero attached hydrogens (tertiary/aromatic N) is 1. The second-order valence-electron chi connectivity index (χ2n) is 4.84. The van der Waals surface area contributed by atoms with Gasteiger partial charge in [-0.2, -0.15) is 0 Å². The molecule has 0 aliphatic rings. The molecule has 0 aliphatic carbocycles. The van der Waals surface area contributed by atoms with E-state index in [0.29, 0.717) is 5.56 Å². The number of hydrogen-bond acceptors (Lipinski definition) is 3. The van der Waals surface area contributed by atoms with Gasteiger partial charge < -0.3 is 15.0 Å². The molecule has 0 unspecified atom stereocenters. The fraction of sp³-hybridized carbons (Fsp3) is 0.500. The summed E-state index contributed by atoms with van der Waals surface area (Å²) >= 11 is 0. The van der Waals surface area contributed by atoms with Gasteiger partial charge in [-0.3, -0.25) is 9.59 Å². The number of pyridine rings is 1. The highest BCUT2D eigenvalue weighted by atomic mass is 16.3. The van der Waals surface area contributed by atoms with Gasteiger partial charge in [-0.05, 0) is 32.4 Å². The number of aryl methyl sites for hydroxylation is 1. The van der Waals surface area contributed by atoms with Crippen LogP contribution in [0.5, 0.6) is 0 Å². The summed E-state index contributed by atoms with van der Waals surface area (Å²) in [5, 5.41) is 9.64. The van der Waals surface area contributed by atoms with Crippen LogP contribution in [-0.2, 0) is 0 Å². The molecule has 0 aliphatic heterocycles. The summed E-state index contributed by atoms with van der Waals surface area (Å²) in [6.45, 7) is 5.09. The van der Waals surface area contributed by atoms with E-state index in [1.807, 2.05) is 0 Å². The Kier molecular flexibility index (Phi) is 3.72. The summed E-state index contributed by atoms with van der Waals surface area (Å²) in [5.74, 6) is -0.383. The molecule has 0 saturated heterocycles. The first kappa shape index (κ1) is 13.4. The van der Waals surface area contributed by atoms with Crippen LogP contribution in [0, 0.1) is 6.92 Å². The molecule has 0 radical (unpaired) electrons. The molecule has 0 bridgehead atoms. The Hall–Kier alpha value is -1.62. The predicted octanol–water partition coefficient (Wildman–Crippen LogP) is 0.526. The molecule has 0 atom stereocenters. The minimum absolute atomic E-state index is 0.124. The highest BCUT2D eigenvalue weighted by Crippen LogP contribution is 2.08. The highest BCUT2D eigenvalue weighted by Gasteiger charge is 2.23. The van der Waals surface area contributed by atoms with Gasteiger partial charge in [0.2, 0.25) is 0 Å². The molecule has 1 aromatic rings. The van der Waals surface area contributed by atoms with Gasteiger partial charge in [0.05, 0.1) is 5.60 Å². The summed E-state index contributed by atoms with van der Waals surface area (Å²) < 4.78 is 0. The smallest absolute Gasteiger partial charge is 0.261 e. The number of rotatable bonds is 3. The van der Waals surface area contributed by atoms with Gasteiger partial charge >= 0.3 is 0 Å². The van der Waals surface area contributed by atoms with E-state index in [1.165, 1.54) is 11.1 Å². The lowest BCUT2D eigenvalue weighted by Gasteiger charge is -2.25. The van der Waals surface area contributed by atoms with Gasteiger partial charge in [-0.1, -0.05) is 0 Å². The minimum atomic E-state index is -0.986. The van der Waals surface area contributed by atoms with Crippen LogP contribution < -0.4 is 5.56 Å². The van der Waals surface area contributed by atoms with Crippen LogP contribution in [-0.4, -0.2) is 40.1 Å². The molecule has 0 fully saturated rings. The van der Waals surface area contributed by atoms with Crippen molar-refractivity contribution in [1.29, 1.82) is 0 Å². The van der Waals surface area contributed by atoms with Gasteiger partial charge in [0.15, 0.2) is 0 Å². The van der Waals surface area contributed by atoms with Crippen LogP contribution in [0.2, 0.25) is 0 Å². The summed E-state index contributed by atoms with van der Waals surface area (Å²) in [7, 11) is 1.56. The van der Waals surface area contributed by atoms with Gasteiger partial charge in [0, 0.05) is 19.8 Å². The van der Waals surface area contributed by atoms with Crippen molar-refractivity contribution < 1.29 is 9.90 Å². The lowest BCUT2D eigenvalue weighted by molar-refractivity contribution is 0.0366.